The molecule has 1 heterocycles. The van der Waals surface area contributed by atoms with Gasteiger partial charge in [0.05, 0.1) is 32.8 Å². The van der Waals surface area contributed by atoms with Gasteiger partial charge in [0.1, 0.15) is 17.2 Å². The molecule has 0 aromatic heterocycles. The van der Waals surface area contributed by atoms with Gasteiger partial charge in [0, 0.05) is 17.8 Å². The zero-order chi connectivity index (χ0) is 24.8. The Morgan fingerprint density at radius 1 is 0.886 bits per heavy atom. The number of nitrogens with zero attached hydrogens (tertiary/aromatic N) is 1. The Hall–Kier alpha value is -4.00. The maximum Gasteiger partial charge on any atom is 0.229 e. The number of carbonyl (C=O) groups is 2. The monoisotopic (exact) mass is 474 g/mol. The molecular formula is C28H30N2O5. The molecule has 3 aromatic rings. The molecule has 1 aliphatic rings. The Bertz CT molecular complexity index is 1140. The Labute approximate surface area is 205 Å². The quantitative estimate of drug-likeness (QED) is 0.484. The van der Waals surface area contributed by atoms with Crippen molar-refractivity contribution in [1.29, 1.82) is 0 Å². The highest BCUT2D eigenvalue weighted by Crippen LogP contribution is 2.41. The number of carbonyl (C=O) groups excluding carboxylic acids is 2. The van der Waals surface area contributed by atoms with Crippen LogP contribution in [0.25, 0.3) is 0 Å². The topological polar surface area (TPSA) is 77.1 Å². The van der Waals surface area contributed by atoms with Crippen molar-refractivity contribution in [3.8, 4) is 17.2 Å². The number of hydrogen-bond donors (Lipinski definition) is 1. The van der Waals surface area contributed by atoms with Crippen LogP contribution in [0, 0.1) is 5.92 Å². The predicted octanol–water partition coefficient (Wildman–Crippen LogP) is 5.23. The fraction of sp³-hybridized carbons (Fsp3) is 0.286. The minimum Gasteiger partial charge on any atom is -0.497 e. The lowest BCUT2D eigenvalue weighted by molar-refractivity contribution is -0.125. The van der Waals surface area contributed by atoms with Gasteiger partial charge in [-0.05, 0) is 79.6 Å². The number of methoxy groups -OCH3 is 2. The summed E-state index contributed by atoms with van der Waals surface area (Å²) in [7, 11) is 3.21. The highest BCUT2D eigenvalue weighted by molar-refractivity contribution is 6.00. The smallest absolute Gasteiger partial charge is 0.229 e. The molecule has 1 fully saturated rings. The van der Waals surface area contributed by atoms with Crippen LogP contribution in [0.5, 0.6) is 17.2 Å². The Balaban J connectivity index is 1.67. The van der Waals surface area contributed by atoms with Crippen molar-refractivity contribution in [2.24, 2.45) is 5.92 Å². The average Bonchev–Trinajstić information content (AvgIpc) is 2.90. The molecule has 0 unspecified atom stereocenters. The second kappa shape index (κ2) is 11.0. The van der Waals surface area contributed by atoms with E-state index in [1.807, 2.05) is 79.7 Å². The van der Waals surface area contributed by atoms with Crippen LogP contribution in [0.3, 0.4) is 0 Å². The van der Waals surface area contributed by atoms with Crippen molar-refractivity contribution < 1.29 is 23.8 Å². The van der Waals surface area contributed by atoms with Gasteiger partial charge < -0.3 is 24.4 Å². The van der Waals surface area contributed by atoms with Crippen molar-refractivity contribution in [3.63, 3.8) is 0 Å². The Morgan fingerprint density at radius 3 is 2.03 bits per heavy atom. The Morgan fingerprint density at radius 2 is 1.46 bits per heavy atom. The van der Waals surface area contributed by atoms with Gasteiger partial charge >= 0.3 is 0 Å². The standard InChI is InChI=1S/C28H30N2O5/c1-4-35-24-13-7-20(8-14-24)29-28(32)25-17-18-26(31)30(21-9-15-23(34-3)16-10-21)27(25)19-5-11-22(33-2)12-6-19/h5-16,25,27H,4,17-18H2,1-3H3,(H,29,32)/t25-,27-/m1/s1. The van der Waals surface area contributed by atoms with E-state index in [2.05, 4.69) is 5.32 Å². The summed E-state index contributed by atoms with van der Waals surface area (Å²) in [5, 5.41) is 3.03. The van der Waals surface area contributed by atoms with Gasteiger partial charge in [0.25, 0.3) is 0 Å². The number of benzene rings is 3. The molecule has 2 atom stereocenters. The van der Waals surface area contributed by atoms with Gasteiger partial charge in [-0.1, -0.05) is 12.1 Å². The highest BCUT2D eigenvalue weighted by Gasteiger charge is 2.41. The third-order valence-corrected chi connectivity index (χ3v) is 6.17. The van der Waals surface area contributed by atoms with Crippen LogP contribution in [0.4, 0.5) is 11.4 Å². The fourth-order valence-corrected chi connectivity index (χ4v) is 4.43. The fourth-order valence-electron chi connectivity index (χ4n) is 4.43. The van der Waals surface area contributed by atoms with Crippen LogP contribution in [0.1, 0.15) is 31.4 Å². The van der Waals surface area contributed by atoms with Gasteiger partial charge in [-0.25, -0.2) is 0 Å². The Kier molecular flexibility index (Phi) is 7.55. The van der Waals surface area contributed by atoms with Crippen molar-refractivity contribution in [2.75, 3.05) is 31.0 Å². The normalized spacial score (nSPS) is 17.6. The van der Waals surface area contributed by atoms with Crippen LogP contribution < -0.4 is 24.4 Å². The van der Waals surface area contributed by atoms with Crippen molar-refractivity contribution in [1.82, 2.24) is 0 Å². The molecule has 0 spiro atoms. The average molecular weight is 475 g/mol. The van der Waals surface area contributed by atoms with E-state index in [4.69, 9.17) is 14.2 Å². The van der Waals surface area contributed by atoms with E-state index in [0.717, 1.165) is 17.0 Å². The molecule has 182 valence electrons. The largest absolute Gasteiger partial charge is 0.497 e. The summed E-state index contributed by atoms with van der Waals surface area (Å²) in [6.07, 6.45) is 0.727. The van der Waals surface area contributed by atoms with E-state index in [9.17, 15) is 9.59 Å². The lowest BCUT2D eigenvalue weighted by atomic mass is 9.83. The first-order valence-electron chi connectivity index (χ1n) is 11.7. The first kappa shape index (κ1) is 24.1. The lowest BCUT2D eigenvalue weighted by Crippen LogP contribution is -2.46. The number of hydrogen-bond acceptors (Lipinski definition) is 5. The molecule has 1 saturated heterocycles. The van der Waals surface area contributed by atoms with E-state index < -0.39 is 12.0 Å². The van der Waals surface area contributed by atoms with E-state index >= 15 is 0 Å². The van der Waals surface area contributed by atoms with Gasteiger partial charge in [-0.3, -0.25) is 9.59 Å². The molecule has 4 rings (SSSR count). The SMILES string of the molecule is CCOc1ccc(NC(=O)[C@@H]2CCC(=O)N(c3ccc(OC)cc3)[C@@H]2c2ccc(OC)cc2)cc1. The summed E-state index contributed by atoms with van der Waals surface area (Å²) < 4.78 is 16.1. The second-order valence-electron chi connectivity index (χ2n) is 8.27. The molecule has 1 N–H and O–H groups in total. The van der Waals surface area contributed by atoms with Crippen LogP contribution in [-0.2, 0) is 9.59 Å². The van der Waals surface area contributed by atoms with Gasteiger partial charge in [0.15, 0.2) is 0 Å². The number of ether oxygens (including phenoxy) is 3. The third-order valence-electron chi connectivity index (χ3n) is 6.17. The number of amides is 2. The summed E-state index contributed by atoms with van der Waals surface area (Å²) in [5.74, 6) is 1.54. The first-order chi connectivity index (χ1) is 17.0. The molecule has 0 bridgehead atoms. The number of rotatable bonds is 8. The third kappa shape index (κ3) is 5.40. The van der Waals surface area contributed by atoms with E-state index in [0.29, 0.717) is 30.2 Å². The van der Waals surface area contributed by atoms with Gasteiger partial charge in [-0.2, -0.15) is 0 Å². The molecule has 0 saturated carbocycles. The maximum atomic E-state index is 13.5. The molecule has 2 amide bonds. The minimum atomic E-state index is -0.474. The number of anilines is 2. The number of nitrogens with one attached hydrogen (secondary N) is 1. The van der Waals surface area contributed by atoms with Gasteiger partial charge in [0.2, 0.25) is 11.8 Å². The maximum absolute atomic E-state index is 13.5. The van der Waals surface area contributed by atoms with Crippen LogP contribution >= 0.6 is 0 Å². The zero-order valence-corrected chi connectivity index (χ0v) is 20.2. The van der Waals surface area contributed by atoms with Crippen molar-refractivity contribution in [2.45, 2.75) is 25.8 Å². The molecule has 3 aromatic carbocycles. The summed E-state index contributed by atoms with van der Waals surface area (Å²) in [6.45, 7) is 2.50. The first-order valence-corrected chi connectivity index (χ1v) is 11.7. The molecule has 1 aliphatic heterocycles. The molecular weight excluding hydrogens is 444 g/mol. The van der Waals surface area contributed by atoms with E-state index in [1.165, 1.54) is 0 Å². The highest BCUT2D eigenvalue weighted by atomic mass is 16.5. The summed E-state index contributed by atoms with van der Waals surface area (Å²) in [4.78, 5) is 28.5. The van der Waals surface area contributed by atoms with E-state index in [-0.39, 0.29) is 18.2 Å². The molecule has 7 heteroatoms. The van der Waals surface area contributed by atoms with Crippen LogP contribution in [0.2, 0.25) is 0 Å². The minimum absolute atomic E-state index is 0.0268. The van der Waals surface area contributed by atoms with Crippen LogP contribution in [-0.4, -0.2) is 32.6 Å². The van der Waals surface area contributed by atoms with Crippen molar-refractivity contribution >= 4 is 23.2 Å². The van der Waals surface area contributed by atoms with E-state index in [1.54, 1.807) is 19.1 Å². The summed E-state index contributed by atoms with van der Waals surface area (Å²) in [6, 6.07) is 21.7. The molecule has 0 radical (unpaired) electrons. The van der Waals surface area contributed by atoms with Crippen LogP contribution in [0.15, 0.2) is 72.8 Å². The summed E-state index contributed by atoms with van der Waals surface area (Å²) >= 11 is 0. The predicted molar refractivity (Wildman–Crippen MR) is 135 cm³/mol. The zero-order valence-electron chi connectivity index (χ0n) is 20.2. The number of piperidine rings is 1. The van der Waals surface area contributed by atoms with Crippen molar-refractivity contribution in [3.05, 3.63) is 78.4 Å². The molecule has 35 heavy (non-hydrogen) atoms. The van der Waals surface area contributed by atoms with Gasteiger partial charge in [-0.15, -0.1) is 0 Å². The lowest BCUT2D eigenvalue weighted by Gasteiger charge is -2.41. The molecule has 0 aliphatic carbocycles. The second-order valence-corrected chi connectivity index (χ2v) is 8.27. The molecule has 7 nitrogen and oxygen atoms in total. The summed E-state index contributed by atoms with van der Waals surface area (Å²) in [5.41, 5.74) is 2.26.